The van der Waals surface area contributed by atoms with E-state index in [0.717, 1.165) is 0 Å². The molecule has 21 heavy (non-hydrogen) atoms. The van der Waals surface area contributed by atoms with Crippen molar-refractivity contribution in [2.24, 2.45) is 0 Å². The summed E-state index contributed by atoms with van der Waals surface area (Å²) in [5, 5.41) is 0. The minimum absolute atomic E-state index is 0.0116. The van der Waals surface area contributed by atoms with Gasteiger partial charge < -0.3 is 14.2 Å². The zero-order chi connectivity index (χ0) is 15.9. The fourth-order valence-corrected chi connectivity index (χ4v) is 2.87. The SMILES string of the molecule is COC(=O)CCCNS(=O)(=O)c1cc(OC)ccc1OC. The average Bonchev–Trinajstić information content (AvgIpc) is 2.50. The Hall–Kier alpha value is -1.80. The molecule has 0 aromatic heterocycles. The van der Waals surface area contributed by atoms with Crippen LogP contribution in [0.2, 0.25) is 0 Å². The summed E-state index contributed by atoms with van der Waals surface area (Å²) in [4.78, 5) is 10.9. The van der Waals surface area contributed by atoms with Gasteiger partial charge in [-0.3, -0.25) is 4.79 Å². The minimum atomic E-state index is -3.75. The maximum Gasteiger partial charge on any atom is 0.305 e. The van der Waals surface area contributed by atoms with Gasteiger partial charge in [0.2, 0.25) is 10.0 Å². The van der Waals surface area contributed by atoms with Gasteiger partial charge in [-0.1, -0.05) is 0 Å². The molecule has 0 aliphatic rings. The summed E-state index contributed by atoms with van der Waals surface area (Å²) in [6.07, 6.45) is 0.493. The second-order valence-electron chi connectivity index (χ2n) is 4.09. The zero-order valence-electron chi connectivity index (χ0n) is 12.2. The third-order valence-corrected chi connectivity index (χ3v) is 4.22. The molecule has 0 saturated heterocycles. The maximum atomic E-state index is 12.2. The van der Waals surface area contributed by atoms with E-state index in [-0.39, 0.29) is 29.6 Å². The summed E-state index contributed by atoms with van der Waals surface area (Å²) in [7, 11) is 0.371. The van der Waals surface area contributed by atoms with Gasteiger partial charge in [0, 0.05) is 19.0 Å². The summed E-state index contributed by atoms with van der Waals surface area (Å²) in [6.45, 7) is 0.123. The van der Waals surface area contributed by atoms with Crippen molar-refractivity contribution in [3.63, 3.8) is 0 Å². The molecule has 1 N–H and O–H groups in total. The van der Waals surface area contributed by atoms with Crippen LogP contribution < -0.4 is 14.2 Å². The molecule has 0 radical (unpaired) electrons. The third kappa shape index (κ3) is 4.91. The van der Waals surface area contributed by atoms with Crippen LogP contribution in [0.4, 0.5) is 0 Å². The number of rotatable bonds is 8. The van der Waals surface area contributed by atoms with Crippen LogP contribution in [0.25, 0.3) is 0 Å². The fourth-order valence-electron chi connectivity index (χ4n) is 1.61. The first-order valence-electron chi connectivity index (χ1n) is 6.23. The van der Waals surface area contributed by atoms with E-state index in [1.165, 1.54) is 33.5 Å². The molecule has 8 heteroatoms. The highest BCUT2D eigenvalue weighted by Crippen LogP contribution is 2.27. The summed E-state index contributed by atoms with van der Waals surface area (Å²) >= 11 is 0. The largest absolute Gasteiger partial charge is 0.497 e. The molecule has 0 heterocycles. The van der Waals surface area contributed by atoms with Gasteiger partial charge in [-0.05, 0) is 18.6 Å². The number of methoxy groups -OCH3 is 3. The Morgan fingerprint density at radius 2 is 1.90 bits per heavy atom. The van der Waals surface area contributed by atoms with Crippen LogP contribution in [0.3, 0.4) is 0 Å². The summed E-state index contributed by atoms with van der Waals surface area (Å²) in [5.41, 5.74) is 0. The number of ether oxygens (including phenoxy) is 3. The highest BCUT2D eigenvalue weighted by atomic mass is 32.2. The normalized spacial score (nSPS) is 11.0. The van der Waals surface area contributed by atoms with E-state index in [2.05, 4.69) is 9.46 Å². The molecule has 0 aliphatic carbocycles. The molecule has 118 valence electrons. The van der Waals surface area contributed by atoms with Gasteiger partial charge in [-0.15, -0.1) is 0 Å². The van der Waals surface area contributed by atoms with E-state index in [9.17, 15) is 13.2 Å². The zero-order valence-corrected chi connectivity index (χ0v) is 13.0. The summed E-state index contributed by atoms with van der Waals surface area (Å²) < 4.78 is 41.4. The van der Waals surface area contributed by atoms with Crippen molar-refractivity contribution in [2.45, 2.75) is 17.7 Å². The predicted molar refractivity (Wildman–Crippen MR) is 76.0 cm³/mol. The maximum absolute atomic E-state index is 12.2. The van der Waals surface area contributed by atoms with Crippen LogP contribution >= 0.6 is 0 Å². The number of carbonyl (C=O) groups excluding carboxylic acids is 1. The van der Waals surface area contributed by atoms with Crippen LogP contribution in [0.5, 0.6) is 11.5 Å². The first-order chi connectivity index (χ1) is 9.94. The van der Waals surface area contributed by atoms with E-state index in [0.29, 0.717) is 12.2 Å². The highest BCUT2D eigenvalue weighted by molar-refractivity contribution is 7.89. The number of benzene rings is 1. The molecule has 0 unspecified atom stereocenters. The molecule has 0 amide bonds. The first-order valence-corrected chi connectivity index (χ1v) is 7.71. The lowest BCUT2D eigenvalue weighted by Gasteiger charge is -2.12. The predicted octanol–water partition coefficient (Wildman–Crippen LogP) is 0.935. The fraction of sp³-hybridized carbons (Fsp3) is 0.462. The van der Waals surface area contributed by atoms with Gasteiger partial charge in [0.15, 0.2) is 0 Å². The molecule has 0 saturated carbocycles. The highest BCUT2D eigenvalue weighted by Gasteiger charge is 2.20. The van der Waals surface area contributed by atoms with Crippen molar-refractivity contribution in [3.05, 3.63) is 18.2 Å². The van der Waals surface area contributed by atoms with Gasteiger partial charge in [0.05, 0.1) is 21.3 Å². The molecule has 0 aliphatic heterocycles. The number of carbonyl (C=O) groups is 1. The molecule has 0 spiro atoms. The number of hydrogen-bond donors (Lipinski definition) is 1. The molecular formula is C13H19NO6S. The molecule has 1 aromatic carbocycles. The summed E-state index contributed by atoms with van der Waals surface area (Å²) in [6, 6.07) is 4.50. The Morgan fingerprint density at radius 3 is 2.48 bits per heavy atom. The number of sulfonamides is 1. The Bertz CT molecular complexity index is 584. The van der Waals surface area contributed by atoms with E-state index < -0.39 is 10.0 Å². The lowest BCUT2D eigenvalue weighted by molar-refractivity contribution is -0.140. The second kappa shape index (κ2) is 7.84. The van der Waals surface area contributed by atoms with E-state index in [1.807, 2.05) is 0 Å². The lowest BCUT2D eigenvalue weighted by Crippen LogP contribution is -2.25. The van der Waals surface area contributed by atoms with Gasteiger partial charge >= 0.3 is 5.97 Å². The monoisotopic (exact) mass is 317 g/mol. The number of nitrogens with one attached hydrogen (secondary N) is 1. The minimum Gasteiger partial charge on any atom is -0.497 e. The molecule has 0 fully saturated rings. The van der Waals surface area contributed by atoms with Crippen molar-refractivity contribution in [2.75, 3.05) is 27.9 Å². The Kier molecular flexibility index (Phi) is 6.44. The van der Waals surface area contributed by atoms with Crippen molar-refractivity contribution < 1.29 is 27.4 Å². The van der Waals surface area contributed by atoms with Crippen LogP contribution in [0.15, 0.2) is 23.1 Å². The topological polar surface area (TPSA) is 90.9 Å². The number of hydrogen-bond acceptors (Lipinski definition) is 6. The molecular weight excluding hydrogens is 298 g/mol. The van der Waals surface area contributed by atoms with Crippen molar-refractivity contribution in [1.29, 1.82) is 0 Å². The van der Waals surface area contributed by atoms with E-state index in [4.69, 9.17) is 9.47 Å². The second-order valence-corrected chi connectivity index (χ2v) is 5.83. The Morgan fingerprint density at radius 1 is 1.19 bits per heavy atom. The average molecular weight is 317 g/mol. The molecule has 0 bridgehead atoms. The van der Waals surface area contributed by atoms with E-state index >= 15 is 0 Å². The van der Waals surface area contributed by atoms with Gasteiger partial charge in [0.1, 0.15) is 16.4 Å². The number of esters is 1. The van der Waals surface area contributed by atoms with Gasteiger partial charge in [0.25, 0.3) is 0 Å². The van der Waals surface area contributed by atoms with Crippen LogP contribution in [0.1, 0.15) is 12.8 Å². The first kappa shape index (κ1) is 17.3. The molecule has 1 aromatic rings. The summed E-state index contributed by atoms with van der Waals surface area (Å²) in [5.74, 6) is 0.246. The van der Waals surface area contributed by atoms with Crippen LogP contribution in [-0.2, 0) is 19.6 Å². The lowest BCUT2D eigenvalue weighted by atomic mass is 10.3. The van der Waals surface area contributed by atoms with Crippen molar-refractivity contribution in [1.82, 2.24) is 4.72 Å². The Balaban J connectivity index is 2.80. The Labute approximate surface area is 124 Å². The smallest absolute Gasteiger partial charge is 0.305 e. The molecule has 7 nitrogen and oxygen atoms in total. The van der Waals surface area contributed by atoms with Crippen molar-refractivity contribution >= 4 is 16.0 Å². The molecule has 1 rings (SSSR count). The van der Waals surface area contributed by atoms with Crippen LogP contribution in [-0.4, -0.2) is 42.3 Å². The third-order valence-electron chi connectivity index (χ3n) is 2.74. The quantitative estimate of drug-likeness (QED) is 0.567. The van der Waals surface area contributed by atoms with Gasteiger partial charge in [-0.25, -0.2) is 13.1 Å². The van der Waals surface area contributed by atoms with Gasteiger partial charge in [-0.2, -0.15) is 0 Å². The standard InChI is InChI=1S/C13H19NO6S/c1-18-10-6-7-11(19-2)12(9-10)21(16,17)14-8-4-5-13(15)20-3/h6-7,9,14H,4-5,8H2,1-3H3. The van der Waals surface area contributed by atoms with Crippen LogP contribution in [0, 0.1) is 0 Å². The molecule has 0 atom stereocenters. The van der Waals surface area contributed by atoms with E-state index in [1.54, 1.807) is 6.07 Å². The van der Waals surface area contributed by atoms with Crippen molar-refractivity contribution in [3.8, 4) is 11.5 Å².